The fourth-order valence-corrected chi connectivity index (χ4v) is 9.03. The minimum absolute atomic E-state index is 0.121. The molecule has 0 heterocycles. The molecule has 7 aromatic rings. The van der Waals surface area contributed by atoms with E-state index in [9.17, 15) is 0 Å². The Morgan fingerprint density at radius 1 is 0.574 bits per heavy atom. The first kappa shape index (κ1) is 33.5. The van der Waals surface area contributed by atoms with Crippen LogP contribution in [0.1, 0.15) is 62.4 Å². The van der Waals surface area contributed by atoms with E-state index < -0.39 is 0 Å². The fourth-order valence-electron chi connectivity index (χ4n) is 9.03. The van der Waals surface area contributed by atoms with Crippen LogP contribution in [0.15, 0.2) is 164 Å². The largest absolute Gasteiger partial charge is 0.309 e. The van der Waals surface area contributed by atoms with Crippen LogP contribution in [0.25, 0.3) is 49.7 Å². The first-order valence-corrected chi connectivity index (χ1v) is 18.9. The van der Waals surface area contributed by atoms with Crippen molar-refractivity contribution in [1.82, 2.24) is 0 Å². The predicted octanol–water partition coefficient (Wildman–Crippen LogP) is 14.2. The Morgan fingerprint density at radius 3 is 1.87 bits per heavy atom. The molecule has 0 aromatic heterocycles. The van der Waals surface area contributed by atoms with Crippen molar-refractivity contribution in [2.24, 2.45) is 0 Å². The van der Waals surface area contributed by atoms with E-state index in [1.54, 1.807) is 6.08 Å². The molecule has 0 N–H and O–H groups in total. The highest BCUT2D eigenvalue weighted by molar-refractivity contribution is 6.10. The highest BCUT2D eigenvalue weighted by Crippen LogP contribution is 2.57. The van der Waals surface area contributed by atoms with Gasteiger partial charge < -0.3 is 4.90 Å². The molecule has 260 valence electrons. The molecule has 1 nitrogen and oxygen atoms in total. The number of fused-ring (bicyclic) bond motifs is 7. The van der Waals surface area contributed by atoms with Crippen LogP contribution >= 0.6 is 0 Å². The second-order valence-electron chi connectivity index (χ2n) is 15.8. The molecule has 0 spiro atoms. The van der Waals surface area contributed by atoms with Gasteiger partial charge in [0.2, 0.25) is 0 Å². The van der Waals surface area contributed by atoms with Crippen molar-refractivity contribution < 1.29 is 0 Å². The van der Waals surface area contributed by atoms with Gasteiger partial charge in [0.25, 0.3) is 0 Å². The van der Waals surface area contributed by atoms with Crippen LogP contribution in [0.3, 0.4) is 0 Å². The number of hydrogen-bond acceptors (Lipinski definition) is 1. The number of hydrogen-bond donors (Lipinski definition) is 0. The van der Waals surface area contributed by atoms with Gasteiger partial charge in [0.1, 0.15) is 0 Å². The lowest BCUT2D eigenvalue weighted by molar-refractivity contribution is 0.660. The SMILES string of the molecule is C#C/C=C\C=C(/C)c1ccc(-c2ccc(N(c3ccc4c(c3)C(C)(C)c3ccccc3-4)c3c4c(cc5ccccc35)C(C)(C)c3ccccc3-4)cc2)cc1. The molecule has 1 heteroatoms. The van der Waals surface area contributed by atoms with E-state index >= 15 is 0 Å². The van der Waals surface area contributed by atoms with Crippen molar-refractivity contribution in [3.8, 4) is 45.7 Å². The minimum Gasteiger partial charge on any atom is -0.309 e. The maximum absolute atomic E-state index is 5.39. The van der Waals surface area contributed by atoms with E-state index in [1.165, 1.54) is 83.2 Å². The third-order valence-electron chi connectivity index (χ3n) is 12.0. The summed E-state index contributed by atoms with van der Waals surface area (Å²) in [6.45, 7) is 11.6. The van der Waals surface area contributed by atoms with Crippen LogP contribution in [0.5, 0.6) is 0 Å². The summed E-state index contributed by atoms with van der Waals surface area (Å²) in [4.78, 5) is 2.53. The third kappa shape index (κ3) is 5.17. The summed E-state index contributed by atoms with van der Waals surface area (Å²) < 4.78 is 0. The van der Waals surface area contributed by atoms with Crippen molar-refractivity contribution in [3.05, 3.63) is 192 Å². The summed E-state index contributed by atoms with van der Waals surface area (Å²) in [5, 5.41) is 2.49. The lowest BCUT2D eigenvalue weighted by Crippen LogP contribution is -2.18. The Kier molecular flexibility index (Phi) is 7.84. The van der Waals surface area contributed by atoms with Crippen molar-refractivity contribution in [2.75, 3.05) is 4.90 Å². The number of allylic oxidation sites excluding steroid dienone is 4. The van der Waals surface area contributed by atoms with Crippen molar-refractivity contribution in [1.29, 1.82) is 0 Å². The monoisotopic (exact) mass is 693 g/mol. The van der Waals surface area contributed by atoms with Crippen molar-refractivity contribution in [3.63, 3.8) is 0 Å². The van der Waals surface area contributed by atoms with E-state index in [1.807, 2.05) is 6.08 Å². The van der Waals surface area contributed by atoms with E-state index in [2.05, 4.69) is 197 Å². The van der Waals surface area contributed by atoms with E-state index in [0.29, 0.717) is 0 Å². The van der Waals surface area contributed by atoms with Crippen LogP contribution in [-0.4, -0.2) is 0 Å². The number of rotatable bonds is 6. The molecule has 54 heavy (non-hydrogen) atoms. The smallest absolute Gasteiger partial charge is 0.0621 e. The molecule has 7 aromatic carbocycles. The fraction of sp³-hybridized carbons (Fsp3) is 0.132. The number of nitrogens with zero attached hydrogens (tertiary/aromatic N) is 1. The molecule has 0 aliphatic heterocycles. The first-order chi connectivity index (χ1) is 26.2. The van der Waals surface area contributed by atoms with Crippen LogP contribution < -0.4 is 4.90 Å². The van der Waals surface area contributed by atoms with Gasteiger partial charge in [0.15, 0.2) is 0 Å². The molecule has 0 unspecified atom stereocenters. The average molecular weight is 694 g/mol. The Balaban J connectivity index is 1.25. The molecule has 0 saturated carbocycles. The summed E-state index contributed by atoms with van der Waals surface area (Å²) in [6, 6.07) is 54.3. The molecule has 0 saturated heterocycles. The quantitative estimate of drug-likeness (QED) is 0.124. The van der Waals surface area contributed by atoms with Gasteiger partial charge in [-0.1, -0.05) is 161 Å². The molecule has 0 bridgehead atoms. The second-order valence-corrected chi connectivity index (χ2v) is 15.8. The van der Waals surface area contributed by atoms with Crippen LogP contribution in [0.2, 0.25) is 0 Å². The van der Waals surface area contributed by atoms with Gasteiger partial charge in [0.05, 0.1) is 5.69 Å². The molecule has 2 aliphatic rings. The lowest BCUT2D eigenvalue weighted by atomic mass is 9.81. The topological polar surface area (TPSA) is 3.24 Å². The van der Waals surface area contributed by atoms with E-state index in [0.717, 1.165) is 11.4 Å². The highest BCUT2D eigenvalue weighted by atomic mass is 15.1. The van der Waals surface area contributed by atoms with Gasteiger partial charge in [-0.15, -0.1) is 6.42 Å². The molecular weight excluding hydrogens is 651 g/mol. The first-order valence-electron chi connectivity index (χ1n) is 18.9. The molecule has 9 rings (SSSR count). The highest BCUT2D eigenvalue weighted by Gasteiger charge is 2.40. The van der Waals surface area contributed by atoms with Crippen molar-refractivity contribution >= 4 is 33.4 Å². The number of anilines is 3. The Morgan fingerprint density at radius 2 is 1.15 bits per heavy atom. The van der Waals surface area contributed by atoms with Gasteiger partial charge in [-0.05, 0) is 110 Å². The molecule has 0 radical (unpaired) electrons. The Labute approximate surface area is 320 Å². The molecule has 2 aliphatic carbocycles. The maximum Gasteiger partial charge on any atom is 0.0621 e. The molecule has 0 fully saturated rings. The molecule has 0 amide bonds. The van der Waals surface area contributed by atoms with Gasteiger partial charge in [-0.25, -0.2) is 0 Å². The zero-order chi connectivity index (χ0) is 37.2. The normalized spacial score (nSPS) is 14.7. The van der Waals surface area contributed by atoms with Gasteiger partial charge in [0, 0.05) is 33.2 Å². The zero-order valence-electron chi connectivity index (χ0n) is 31.6. The maximum atomic E-state index is 5.39. The summed E-state index contributed by atoms with van der Waals surface area (Å²) in [7, 11) is 0. The second kappa shape index (κ2) is 12.6. The van der Waals surface area contributed by atoms with E-state index in [-0.39, 0.29) is 10.8 Å². The van der Waals surface area contributed by atoms with Crippen LogP contribution in [0, 0.1) is 12.3 Å². The predicted molar refractivity (Wildman–Crippen MR) is 231 cm³/mol. The summed E-state index contributed by atoms with van der Waals surface area (Å²) in [6.07, 6.45) is 11.1. The third-order valence-corrected chi connectivity index (χ3v) is 12.0. The molecular formula is C53H43N. The Hall–Kier alpha value is -6.36. The standard InChI is InChI=1S/C53H43N/c1-7-8-9-16-35(2)36-23-25-37(26-24-36)38-27-29-40(30-28-38)54(41-31-32-44-43-19-12-14-21-46(43)52(3,4)48(44)34-41)51-42-18-11-10-17-39(42)33-49-50(51)45-20-13-15-22-47(45)53(49,5)6/h1,8-34H,2-6H3/b9-8-,35-16+. The van der Waals surface area contributed by atoms with E-state index in [4.69, 9.17) is 6.42 Å². The number of terminal acetylenes is 1. The van der Waals surface area contributed by atoms with Gasteiger partial charge in [-0.2, -0.15) is 0 Å². The average Bonchev–Trinajstić information content (AvgIpc) is 3.57. The summed E-state index contributed by atoms with van der Waals surface area (Å²) in [5.41, 5.74) is 18.7. The van der Waals surface area contributed by atoms with Gasteiger partial charge >= 0.3 is 0 Å². The van der Waals surface area contributed by atoms with Gasteiger partial charge in [-0.3, -0.25) is 0 Å². The lowest BCUT2D eigenvalue weighted by Gasteiger charge is -2.32. The number of benzene rings is 7. The van der Waals surface area contributed by atoms with Crippen LogP contribution in [-0.2, 0) is 10.8 Å². The molecule has 0 atom stereocenters. The van der Waals surface area contributed by atoms with Crippen molar-refractivity contribution in [2.45, 2.75) is 45.4 Å². The summed E-state index contributed by atoms with van der Waals surface area (Å²) >= 11 is 0. The Bertz CT molecular complexity index is 2710. The summed E-state index contributed by atoms with van der Waals surface area (Å²) in [5.74, 6) is 2.56. The van der Waals surface area contributed by atoms with Crippen LogP contribution in [0.4, 0.5) is 17.1 Å². The minimum atomic E-state index is -0.140. The zero-order valence-corrected chi connectivity index (χ0v) is 31.6.